The van der Waals surface area contributed by atoms with Gasteiger partial charge in [0.15, 0.2) is 0 Å². The molecule has 3 heterocycles. The summed E-state index contributed by atoms with van der Waals surface area (Å²) in [4.78, 5) is 35.3. The van der Waals surface area contributed by atoms with Gasteiger partial charge in [0.05, 0.1) is 36.9 Å². The zero-order valence-electron chi connectivity index (χ0n) is 15.6. The summed E-state index contributed by atoms with van der Waals surface area (Å²) in [6.07, 6.45) is 0.352. The number of ether oxygens (including phenoxy) is 1. The van der Waals surface area contributed by atoms with E-state index in [-0.39, 0.29) is 11.8 Å². The summed E-state index contributed by atoms with van der Waals surface area (Å²) < 4.78 is 5.32. The first-order chi connectivity index (χ1) is 12.5. The normalized spacial score (nSPS) is 19.2. The van der Waals surface area contributed by atoms with Gasteiger partial charge in [0.2, 0.25) is 11.8 Å². The number of carbonyl (C=O) groups excluding carboxylic acids is 2. The lowest BCUT2D eigenvalue weighted by Crippen LogP contribution is -2.53. The monoisotopic (exact) mass is 380 g/mol. The lowest BCUT2D eigenvalue weighted by atomic mass is 10.2. The summed E-state index contributed by atoms with van der Waals surface area (Å²) in [5.74, 6) is 0.649. The molecule has 0 N–H and O–H groups in total. The molecule has 0 aromatic carbocycles. The van der Waals surface area contributed by atoms with Crippen LogP contribution in [0, 0.1) is 0 Å². The van der Waals surface area contributed by atoms with E-state index in [1.165, 1.54) is 0 Å². The van der Waals surface area contributed by atoms with Crippen LogP contribution in [0.4, 0.5) is 0 Å². The smallest absolute Gasteiger partial charge is 0.236 e. The van der Waals surface area contributed by atoms with E-state index in [2.05, 4.69) is 23.7 Å². The fourth-order valence-corrected chi connectivity index (χ4v) is 4.03. The van der Waals surface area contributed by atoms with Crippen LogP contribution < -0.4 is 0 Å². The second-order valence-corrected chi connectivity index (χ2v) is 8.05. The summed E-state index contributed by atoms with van der Waals surface area (Å²) in [6.45, 7) is 10.1. The minimum atomic E-state index is 0.103. The van der Waals surface area contributed by atoms with Crippen molar-refractivity contribution >= 4 is 23.2 Å². The first-order valence-corrected chi connectivity index (χ1v) is 10.2. The van der Waals surface area contributed by atoms with Gasteiger partial charge in [0.1, 0.15) is 0 Å². The zero-order valence-corrected chi connectivity index (χ0v) is 16.5. The van der Waals surface area contributed by atoms with E-state index in [1.807, 2.05) is 15.2 Å². The number of nitrogens with zero attached hydrogens (tertiary/aromatic N) is 4. The van der Waals surface area contributed by atoms with Gasteiger partial charge in [0, 0.05) is 50.6 Å². The number of carbonyl (C=O) groups is 2. The number of rotatable bonds is 5. The van der Waals surface area contributed by atoms with E-state index in [0.29, 0.717) is 58.3 Å². The Labute approximate surface area is 158 Å². The fourth-order valence-electron chi connectivity index (χ4n) is 3.19. The molecule has 2 aliphatic rings. The molecule has 0 radical (unpaired) electrons. The number of amides is 2. The quantitative estimate of drug-likeness (QED) is 0.756. The van der Waals surface area contributed by atoms with Gasteiger partial charge in [0.25, 0.3) is 0 Å². The lowest BCUT2D eigenvalue weighted by molar-refractivity contribution is -0.140. The first-order valence-electron chi connectivity index (χ1n) is 9.33. The highest BCUT2D eigenvalue weighted by molar-refractivity contribution is 7.09. The molecule has 0 atom stereocenters. The molecule has 144 valence electrons. The van der Waals surface area contributed by atoms with Crippen LogP contribution in [0.2, 0.25) is 0 Å². The minimum absolute atomic E-state index is 0.103. The molecule has 8 heteroatoms. The Bertz CT molecular complexity index is 620. The molecule has 3 rings (SSSR count). The minimum Gasteiger partial charge on any atom is -0.379 e. The third-order valence-corrected chi connectivity index (χ3v) is 6.04. The SMILES string of the molecule is CC(C)c1nc(CC(=O)N2CCN(C(=O)CN3CCOCC3)CC2)cs1. The van der Waals surface area contributed by atoms with Crippen molar-refractivity contribution in [2.24, 2.45) is 0 Å². The van der Waals surface area contributed by atoms with Crippen LogP contribution in [-0.2, 0) is 20.7 Å². The summed E-state index contributed by atoms with van der Waals surface area (Å²) in [5, 5.41) is 3.06. The molecule has 0 unspecified atom stereocenters. The summed E-state index contributed by atoms with van der Waals surface area (Å²) >= 11 is 1.62. The molecule has 2 saturated heterocycles. The number of hydrogen-bond acceptors (Lipinski definition) is 6. The topological polar surface area (TPSA) is 66.0 Å². The van der Waals surface area contributed by atoms with Crippen molar-refractivity contribution in [3.8, 4) is 0 Å². The Morgan fingerprint density at radius 2 is 1.69 bits per heavy atom. The van der Waals surface area contributed by atoms with E-state index in [9.17, 15) is 9.59 Å². The maximum atomic E-state index is 12.5. The average Bonchev–Trinajstić information content (AvgIpc) is 3.11. The van der Waals surface area contributed by atoms with Gasteiger partial charge in [-0.05, 0) is 0 Å². The third-order valence-electron chi connectivity index (χ3n) is 4.84. The standard InChI is InChI=1S/C18H28N4O3S/c1-14(2)18-19-15(13-26-18)11-16(23)21-3-5-22(6-4-21)17(24)12-20-7-9-25-10-8-20/h13-14H,3-12H2,1-2H3. The molecule has 1 aromatic heterocycles. The van der Waals surface area contributed by atoms with Gasteiger partial charge < -0.3 is 14.5 Å². The Morgan fingerprint density at radius 3 is 2.27 bits per heavy atom. The van der Waals surface area contributed by atoms with E-state index in [4.69, 9.17) is 4.74 Å². The Kier molecular flexibility index (Phi) is 6.61. The highest BCUT2D eigenvalue weighted by Crippen LogP contribution is 2.20. The molecular weight excluding hydrogens is 352 g/mol. The molecular formula is C18H28N4O3S. The molecule has 0 saturated carbocycles. The van der Waals surface area contributed by atoms with Crippen molar-refractivity contribution in [2.45, 2.75) is 26.2 Å². The Morgan fingerprint density at radius 1 is 1.08 bits per heavy atom. The predicted octanol–water partition coefficient (Wildman–Crippen LogP) is 0.812. The second-order valence-electron chi connectivity index (χ2n) is 7.16. The number of thiazole rings is 1. The van der Waals surface area contributed by atoms with Gasteiger partial charge in [-0.25, -0.2) is 4.98 Å². The first kappa shape index (κ1) is 19.3. The largest absolute Gasteiger partial charge is 0.379 e. The number of piperazine rings is 1. The van der Waals surface area contributed by atoms with Gasteiger partial charge in [-0.2, -0.15) is 0 Å². The average molecular weight is 381 g/mol. The van der Waals surface area contributed by atoms with Crippen molar-refractivity contribution in [1.29, 1.82) is 0 Å². The van der Waals surface area contributed by atoms with E-state index in [1.54, 1.807) is 11.3 Å². The van der Waals surface area contributed by atoms with Crippen molar-refractivity contribution in [3.63, 3.8) is 0 Å². The van der Waals surface area contributed by atoms with Crippen molar-refractivity contribution in [3.05, 3.63) is 16.1 Å². The summed E-state index contributed by atoms with van der Waals surface area (Å²) in [6, 6.07) is 0. The van der Waals surface area contributed by atoms with Gasteiger partial charge in [-0.15, -0.1) is 11.3 Å². The van der Waals surface area contributed by atoms with Crippen LogP contribution in [0.15, 0.2) is 5.38 Å². The van der Waals surface area contributed by atoms with Crippen LogP contribution in [0.5, 0.6) is 0 Å². The highest BCUT2D eigenvalue weighted by atomic mass is 32.1. The molecule has 1 aromatic rings. The predicted molar refractivity (Wildman–Crippen MR) is 100 cm³/mol. The van der Waals surface area contributed by atoms with Crippen LogP contribution >= 0.6 is 11.3 Å². The molecule has 0 bridgehead atoms. The van der Waals surface area contributed by atoms with Crippen LogP contribution in [-0.4, -0.2) is 90.5 Å². The Balaban J connectivity index is 1.43. The van der Waals surface area contributed by atoms with E-state index < -0.39 is 0 Å². The van der Waals surface area contributed by atoms with Crippen molar-refractivity contribution in [1.82, 2.24) is 19.7 Å². The van der Waals surface area contributed by atoms with Gasteiger partial charge in [-0.3, -0.25) is 14.5 Å². The maximum absolute atomic E-state index is 12.5. The summed E-state index contributed by atoms with van der Waals surface area (Å²) in [7, 11) is 0. The lowest BCUT2D eigenvalue weighted by Gasteiger charge is -2.36. The molecule has 26 heavy (non-hydrogen) atoms. The third kappa shape index (κ3) is 5.02. The number of aromatic nitrogens is 1. The van der Waals surface area contributed by atoms with Crippen molar-refractivity contribution in [2.75, 3.05) is 59.0 Å². The van der Waals surface area contributed by atoms with Gasteiger partial charge >= 0.3 is 0 Å². The highest BCUT2D eigenvalue weighted by Gasteiger charge is 2.26. The number of morpholine rings is 1. The molecule has 0 aliphatic carbocycles. The molecule has 7 nitrogen and oxygen atoms in total. The molecule has 2 amide bonds. The van der Waals surface area contributed by atoms with E-state index in [0.717, 1.165) is 23.8 Å². The Hall–Kier alpha value is -1.51. The van der Waals surface area contributed by atoms with Crippen LogP contribution in [0.25, 0.3) is 0 Å². The number of hydrogen-bond donors (Lipinski definition) is 0. The zero-order chi connectivity index (χ0) is 18.5. The van der Waals surface area contributed by atoms with E-state index >= 15 is 0 Å². The maximum Gasteiger partial charge on any atom is 0.236 e. The van der Waals surface area contributed by atoms with Crippen molar-refractivity contribution < 1.29 is 14.3 Å². The van der Waals surface area contributed by atoms with Crippen LogP contribution in [0.3, 0.4) is 0 Å². The second kappa shape index (κ2) is 8.92. The molecule has 2 fully saturated rings. The molecule has 0 spiro atoms. The van der Waals surface area contributed by atoms with Gasteiger partial charge in [-0.1, -0.05) is 13.8 Å². The fraction of sp³-hybridized carbons (Fsp3) is 0.722. The van der Waals surface area contributed by atoms with Crippen LogP contribution in [0.1, 0.15) is 30.5 Å². The summed E-state index contributed by atoms with van der Waals surface area (Å²) in [5.41, 5.74) is 0.856. The molecule has 2 aliphatic heterocycles.